The van der Waals surface area contributed by atoms with Crippen molar-refractivity contribution in [1.82, 2.24) is 0 Å². The van der Waals surface area contributed by atoms with E-state index in [1.807, 2.05) is 6.92 Å². The Morgan fingerprint density at radius 2 is 2.11 bits per heavy atom. The zero-order valence-electron chi connectivity index (χ0n) is 9.96. The van der Waals surface area contributed by atoms with E-state index in [-0.39, 0.29) is 6.61 Å². The van der Waals surface area contributed by atoms with E-state index in [4.69, 9.17) is 27.9 Å². The number of nitrogens with one attached hydrogen (secondary N) is 1. The third kappa shape index (κ3) is 3.86. The molecule has 0 aromatic carbocycles. The number of carbonyl (C=O) groups excluding carboxylic acids is 2. The van der Waals surface area contributed by atoms with Crippen LogP contribution in [0.3, 0.4) is 0 Å². The first-order chi connectivity index (χ1) is 8.49. The number of carbonyl (C=O) groups is 2. The number of thiophene rings is 1. The van der Waals surface area contributed by atoms with Crippen LogP contribution in [0.1, 0.15) is 29.1 Å². The van der Waals surface area contributed by atoms with Crippen LogP contribution in [-0.2, 0) is 16.0 Å². The molecule has 4 nitrogen and oxygen atoms in total. The number of anilines is 1. The van der Waals surface area contributed by atoms with Crippen molar-refractivity contribution in [1.29, 1.82) is 0 Å². The zero-order valence-corrected chi connectivity index (χ0v) is 12.3. The van der Waals surface area contributed by atoms with E-state index in [9.17, 15) is 9.59 Å². The molecule has 1 heterocycles. The second-order valence-corrected chi connectivity index (χ2v) is 5.55. The maximum absolute atomic E-state index is 11.7. The van der Waals surface area contributed by atoms with E-state index in [0.29, 0.717) is 10.6 Å². The molecule has 0 radical (unpaired) electrons. The summed E-state index contributed by atoms with van der Waals surface area (Å²) in [6.07, 6.45) is 0.762. The van der Waals surface area contributed by atoms with Crippen LogP contribution < -0.4 is 5.32 Å². The van der Waals surface area contributed by atoms with Crippen LogP contribution in [0.25, 0.3) is 0 Å². The molecule has 0 aliphatic carbocycles. The smallest absolute Gasteiger partial charge is 0.341 e. The van der Waals surface area contributed by atoms with Crippen LogP contribution in [0.4, 0.5) is 5.00 Å². The molecule has 1 aromatic rings. The Morgan fingerprint density at radius 3 is 2.61 bits per heavy atom. The maximum atomic E-state index is 11.7. The number of alkyl halides is 2. The van der Waals surface area contributed by atoms with Gasteiger partial charge in [-0.25, -0.2) is 4.79 Å². The molecule has 0 atom stereocenters. The van der Waals surface area contributed by atoms with Crippen molar-refractivity contribution in [2.75, 3.05) is 11.9 Å². The van der Waals surface area contributed by atoms with E-state index in [0.717, 1.165) is 11.3 Å². The molecular formula is C11H13Cl2NO3S. The van der Waals surface area contributed by atoms with Gasteiger partial charge in [0.15, 0.2) is 4.84 Å². The van der Waals surface area contributed by atoms with Crippen molar-refractivity contribution >= 4 is 51.4 Å². The average Bonchev–Trinajstić information content (AvgIpc) is 2.72. The highest BCUT2D eigenvalue weighted by molar-refractivity contribution is 7.16. The molecule has 0 saturated heterocycles. The minimum Gasteiger partial charge on any atom is -0.462 e. The lowest BCUT2D eigenvalue weighted by molar-refractivity contribution is -0.114. The number of esters is 1. The highest BCUT2D eigenvalue weighted by Crippen LogP contribution is 2.29. The molecule has 0 fully saturated rings. The number of hydrogen-bond donors (Lipinski definition) is 1. The topological polar surface area (TPSA) is 55.4 Å². The molecule has 0 spiro atoms. The van der Waals surface area contributed by atoms with E-state index in [2.05, 4.69) is 5.32 Å². The number of ether oxygens (including phenoxy) is 1. The summed E-state index contributed by atoms with van der Waals surface area (Å²) >= 11 is 12.2. The van der Waals surface area contributed by atoms with Gasteiger partial charge in [-0.3, -0.25) is 4.79 Å². The lowest BCUT2D eigenvalue weighted by Crippen LogP contribution is -2.19. The highest BCUT2D eigenvalue weighted by Gasteiger charge is 2.20. The van der Waals surface area contributed by atoms with Gasteiger partial charge in [-0.2, -0.15) is 0 Å². The number of aryl methyl sites for hydroxylation is 1. The molecule has 1 aromatic heterocycles. The van der Waals surface area contributed by atoms with E-state index < -0.39 is 16.7 Å². The molecule has 18 heavy (non-hydrogen) atoms. The van der Waals surface area contributed by atoms with E-state index >= 15 is 0 Å². The van der Waals surface area contributed by atoms with E-state index in [1.54, 1.807) is 13.0 Å². The number of amides is 1. The van der Waals surface area contributed by atoms with Gasteiger partial charge in [0.1, 0.15) is 5.00 Å². The fourth-order valence-corrected chi connectivity index (χ4v) is 2.33. The van der Waals surface area contributed by atoms with Gasteiger partial charge in [0.2, 0.25) is 0 Å². The van der Waals surface area contributed by atoms with Gasteiger partial charge < -0.3 is 10.1 Å². The van der Waals surface area contributed by atoms with Crippen molar-refractivity contribution in [3.05, 3.63) is 16.5 Å². The molecule has 0 saturated carbocycles. The first-order valence-corrected chi connectivity index (χ1v) is 7.07. The quantitative estimate of drug-likeness (QED) is 0.671. The fourth-order valence-electron chi connectivity index (χ4n) is 1.24. The van der Waals surface area contributed by atoms with Gasteiger partial charge in [-0.05, 0) is 19.4 Å². The average molecular weight is 310 g/mol. The second-order valence-electron chi connectivity index (χ2n) is 3.32. The monoisotopic (exact) mass is 309 g/mol. The molecule has 0 aliphatic heterocycles. The van der Waals surface area contributed by atoms with Crippen LogP contribution in [-0.4, -0.2) is 23.3 Å². The van der Waals surface area contributed by atoms with Crippen molar-refractivity contribution < 1.29 is 14.3 Å². The predicted molar refractivity (Wildman–Crippen MR) is 73.8 cm³/mol. The first-order valence-electron chi connectivity index (χ1n) is 5.38. The number of rotatable bonds is 5. The maximum Gasteiger partial charge on any atom is 0.341 e. The summed E-state index contributed by atoms with van der Waals surface area (Å²) in [6.45, 7) is 3.95. The number of hydrogen-bond acceptors (Lipinski definition) is 4. The summed E-state index contributed by atoms with van der Waals surface area (Å²) in [5.41, 5.74) is 0.334. The number of halogens is 2. The van der Waals surface area contributed by atoms with Gasteiger partial charge >= 0.3 is 5.97 Å². The van der Waals surface area contributed by atoms with Gasteiger partial charge in [-0.15, -0.1) is 11.3 Å². The SMILES string of the molecule is CCOC(=O)c1cc(CC)sc1NC(=O)C(Cl)Cl. The molecular weight excluding hydrogens is 297 g/mol. The summed E-state index contributed by atoms with van der Waals surface area (Å²) in [4.78, 5) is 22.9. The van der Waals surface area contributed by atoms with Gasteiger partial charge in [0.25, 0.3) is 5.91 Å². The Hall–Kier alpha value is -0.780. The van der Waals surface area contributed by atoms with Crippen LogP contribution in [0.5, 0.6) is 0 Å². The first kappa shape index (κ1) is 15.3. The van der Waals surface area contributed by atoms with Crippen molar-refractivity contribution in [3.63, 3.8) is 0 Å². The third-order valence-electron chi connectivity index (χ3n) is 2.06. The predicted octanol–water partition coefficient (Wildman–Crippen LogP) is 3.23. The van der Waals surface area contributed by atoms with Crippen molar-refractivity contribution in [3.8, 4) is 0 Å². The standard InChI is InChI=1S/C11H13Cl2NO3S/c1-3-6-5-7(11(16)17-4-2)10(18-6)14-9(15)8(12)13/h5,8H,3-4H2,1-2H3,(H,14,15). The van der Waals surface area contributed by atoms with Crippen molar-refractivity contribution in [2.45, 2.75) is 25.1 Å². The molecule has 7 heteroatoms. The third-order valence-corrected chi connectivity index (χ3v) is 3.65. The fraction of sp³-hybridized carbons (Fsp3) is 0.455. The lowest BCUT2D eigenvalue weighted by atomic mass is 10.2. The van der Waals surface area contributed by atoms with Gasteiger partial charge in [0.05, 0.1) is 12.2 Å². The second kappa shape index (κ2) is 6.97. The Bertz CT molecular complexity index is 445. The van der Waals surface area contributed by atoms with Crippen molar-refractivity contribution in [2.24, 2.45) is 0 Å². The normalized spacial score (nSPS) is 10.5. The Morgan fingerprint density at radius 1 is 1.44 bits per heavy atom. The summed E-state index contributed by atoms with van der Waals surface area (Å²) in [5, 5.41) is 2.94. The molecule has 100 valence electrons. The Kier molecular flexibility index (Phi) is 5.91. The van der Waals surface area contributed by atoms with Crippen LogP contribution in [0, 0.1) is 0 Å². The summed E-state index contributed by atoms with van der Waals surface area (Å²) < 4.78 is 4.92. The molecule has 0 aliphatic rings. The molecule has 1 N–H and O–H groups in total. The largest absolute Gasteiger partial charge is 0.462 e. The summed E-state index contributed by atoms with van der Waals surface area (Å²) in [7, 11) is 0. The lowest BCUT2D eigenvalue weighted by Gasteiger charge is -2.05. The Balaban J connectivity index is 2.98. The van der Waals surface area contributed by atoms with Gasteiger partial charge in [-0.1, -0.05) is 30.1 Å². The van der Waals surface area contributed by atoms with Crippen LogP contribution in [0.15, 0.2) is 6.07 Å². The zero-order chi connectivity index (χ0) is 13.7. The highest BCUT2D eigenvalue weighted by atomic mass is 35.5. The minimum absolute atomic E-state index is 0.275. The van der Waals surface area contributed by atoms with Crippen LogP contribution >= 0.6 is 34.5 Å². The molecule has 1 rings (SSSR count). The van der Waals surface area contributed by atoms with Gasteiger partial charge in [0, 0.05) is 4.88 Å². The molecule has 0 unspecified atom stereocenters. The Labute approximate surface area is 119 Å². The van der Waals surface area contributed by atoms with Crippen LogP contribution in [0.2, 0.25) is 0 Å². The summed E-state index contributed by atoms with van der Waals surface area (Å²) in [5.74, 6) is -1.03. The summed E-state index contributed by atoms with van der Waals surface area (Å²) in [6, 6.07) is 1.70. The molecule has 1 amide bonds. The molecule has 0 bridgehead atoms. The van der Waals surface area contributed by atoms with E-state index in [1.165, 1.54) is 11.3 Å². The minimum atomic E-state index is -1.17.